The van der Waals surface area contributed by atoms with Crippen LogP contribution in [0.25, 0.3) is 0 Å². The molecule has 28 heavy (non-hydrogen) atoms. The largest absolute Gasteiger partial charge is 0.335 e. The third kappa shape index (κ3) is 4.75. The zero-order chi connectivity index (χ0) is 20.3. The van der Waals surface area contributed by atoms with Crippen molar-refractivity contribution in [2.75, 3.05) is 39.3 Å². The van der Waals surface area contributed by atoms with Crippen LogP contribution < -0.4 is 4.90 Å². The number of likely N-dealkylation sites (tertiary alicyclic amines) is 1. The normalized spacial score (nSPS) is 24.5. The SMILES string of the molecule is CC(C)c1ccc(S(=O)(=O)N2CCN(C(=O)C[NH+]3CCCC[C@@H]3C)CC2)cc1. The Kier molecular flexibility index (Phi) is 6.78. The van der Waals surface area contributed by atoms with E-state index in [9.17, 15) is 13.2 Å². The van der Waals surface area contributed by atoms with E-state index >= 15 is 0 Å². The summed E-state index contributed by atoms with van der Waals surface area (Å²) in [4.78, 5) is 16.2. The lowest BCUT2D eigenvalue weighted by atomic mass is 10.0. The van der Waals surface area contributed by atoms with E-state index in [1.807, 2.05) is 17.0 Å². The van der Waals surface area contributed by atoms with Crippen LogP contribution in [0.2, 0.25) is 0 Å². The number of nitrogens with zero attached hydrogens (tertiary/aromatic N) is 2. The quantitative estimate of drug-likeness (QED) is 0.794. The van der Waals surface area contributed by atoms with Gasteiger partial charge in [0, 0.05) is 26.2 Å². The van der Waals surface area contributed by atoms with Gasteiger partial charge in [-0.2, -0.15) is 4.31 Å². The zero-order valence-electron chi connectivity index (χ0n) is 17.4. The lowest BCUT2D eigenvalue weighted by Gasteiger charge is -2.36. The number of carbonyl (C=O) groups is 1. The van der Waals surface area contributed by atoms with Crippen LogP contribution in [0.15, 0.2) is 29.2 Å². The summed E-state index contributed by atoms with van der Waals surface area (Å²) in [6.07, 6.45) is 3.63. The highest BCUT2D eigenvalue weighted by molar-refractivity contribution is 7.89. The summed E-state index contributed by atoms with van der Waals surface area (Å²) in [5.41, 5.74) is 1.13. The van der Waals surface area contributed by atoms with Crippen LogP contribution in [0.1, 0.15) is 51.5 Å². The fourth-order valence-corrected chi connectivity index (χ4v) is 5.60. The monoisotopic (exact) mass is 408 g/mol. The number of amides is 1. The Morgan fingerprint density at radius 1 is 1.11 bits per heavy atom. The van der Waals surface area contributed by atoms with Crippen molar-refractivity contribution < 1.29 is 18.1 Å². The van der Waals surface area contributed by atoms with Crippen LogP contribution >= 0.6 is 0 Å². The van der Waals surface area contributed by atoms with Gasteiger partial charge < -0.3 is 9.80 Å². The van der Waals surface area contributed by atoms with Crippen molar-refractivity contribution >= 4 is 15.9 Å². The van der Waals surface area contributed by atoms with Gasteiger partial charge in [0.25, 0.3) is 5.91 Å². The molecule has 7 heteroatoms. The van der Waals surface area contributed by atoms with E-state index in [1.165, 1.54) is 28.5 Å². The molecule has 0 spiro atoms. The molecule has 2 heterocycles. The number of piperazine rings is 1. The maximum Gasteiger partial charge on any atom is 0.277 e. The zero-order valence-corrected chi connectivity index (χ0v) is 18.2. The molecule has 6 nitrogen and oxygen atoms in total. The molecule has 3 rings (SSSR count). The second-order valence-corrected chi connectivity index (χ2v) is 10.4. The average Bonchev–Trinajstić information content (AvgIpc) is 2.70. The number of quaternary nitrogens is 1. The molecule has 1 aromatic rings. The summed E-state index contributed by atoms with van der Waals surface area (Å²) in [6, 6.07) is 7.71. The molecule has 0 aromatic heterocycles. The smallest absolute Gasteiger partial charge is 0.277 e. The first-order valence-electron chi connectivity index (χ1n) is 10.5. The third-order valence-corrected chi connectivity index (χ3v) is 8.15. The molecule has 1 aromatic carbocycles. The number of hydrogen-bond donors (Lipinski definition) is 1. The first-order valence-corrected chi connectivity index (χ1v) is 12.0. The average molecular weight is 409 g/mol. The Morgan fingerprint density at radius 3 is 2.32 bits per heavy atom. The van der Waals surface area contributed by atoms with Gasteiger partial charge in [-0.25, -0.2) is 8.42 Å². The standard InChI is InChI=1S/C21H33N3O3S/c1-17(2)19-7-9-20(10-8-19)28(26,27)24-14-12-22(13-15-24)21(25)16-23-11-5-4-6-18(23)3/h7-10,17-18H,4-6,11-16H2,1-3H3/p+1/t18-/m0/s1. The van der Waals surface area contributed by atoms with E-state index < -0.39 is 10.0 Å². The number of nitrogens with one attached hydrogen (secondary N) is 1. The lowest BCUT2D eigenvalue weighted by Crippen LogP contribution is -3.17. The number of rotatable bonds is 5. The van der Waals surface area contributed by atoms with Gasteiger partial charge in [-0.15, -0.1) is 0 Å². The summed E-state index contributed by atoms with van der Waals surface area (Å²) < 4.78 is 27.4. The molecule has 1 amide bonds. The highest BCUT2D eigenvalue weighted by Crippen LogP contribution is 2.21. The second-order valence-electron chi connectivity index (χ2n) is 8.49. The molecule has 156 valence electrons. The Balaban J connectivity index is 1.57. The van der Waals surface area contributed by atoms with E-state index in [4.69, 9.17) is 0 Å². The van der Waals surface area contributed by atoms with Crippen LogP contribution in [-0.4, -0.2) is 68.8 Å². The highest BCUT2D eigenvalue weighted by atomic mass is 32.2. The van der Waals surface area contributed by atoms with Crippen LogP contribution in [0.5, 0.6) is 0 Å². The minimum atomic E-state index is -3.50. The number of benzene rings is 1. The summed E-state index contributed by atoms with van der Waals surface area (Å²) in [5, 5.41) is 0. The summed E-state index contributed by atoms with van der Waals surface area (Å²) >= 11 is 0. The van der Waals surface area contributed by atoms with Gasteiger partial charge in [-0.3, -0.25) is 4.79 Å². The fourth-order valence-electron chi connectivity index (χ4n) is 4.17. The van der Waals surface area contributed by atoms with Gasteiger partial charge >= 0.3 is 0 Å². The predicted octanol–water partition coefficient (Wildman–Crippen LogP) is 1.10. The van der Waals surface area contributed by atoms with Crippen LogP contribution in [0, 0.1) is 0 Å². The van der Waals surface area contributed by atoms with Crippen molar-refractivity contribution in [3.05, 3.63) is 29.8 Å². The molecule has 2 aliphatic rings. The minimum absolute atomic E-state index is 0.155. The summed E-state index contributed by atoms with van der Waals surface area (Å²) in [6.45, 7) is 9.68. The van der Waals surface area contributed by atoms with E-state index in [0.717, 1.165) is 12.1 Å². The molecule has 0 saturated carbocycles. The van der Waals surface area contributed by atoms with E-state index in [-0.39, 0.29) is 5.91 Å². The molecule has 2 aliphatic heterocycles. The highest BCUT2D eigenvalue weighted by Gasteiger charge is 2.32. The summed E-state index contributed by atoms with van der Waals surface area (Å²) in [5.74, 6) is 0.526. The van der Waals surface area contributed by atoms with Crippen molar-refractivity contribution in [1.82, 2.24) is 9.21 Å². The minimum Gasteiger partial charge on any atom is -0.335 e. The fraction of sp³-hybridized carbons (Fsp3) is 0.667. The van der Waals surface area contributed by atoms with Gasteiger partial charge in [0.15, 0.2) is 6.54 Å². The second kappa shape index (κ2) is 8.93. The van der Waals surface area contributed by atoms with Crippen molar-refractivity contribution in [1.29, 1.82) is 0 Å². The van der Waals surface area contributed by atoms with Crippen LogP contribution in [0.3, 0.4) is 0 Å². The molecular formula is C21H34N3O3S+. The topological polar surface area (TPSA) is 62.1 Å². The van der Waals surface area contributed by atoms with Crippen LogP contribution in [-0.2, 0) is 14.8 Å². The third-order valence-electron chi connectivity index (χ3n) is 6.24. The number of hydrogen-bond acceptors (Lipinski definition) is 3. The van der Waals surface area contributed by atoms with Crippen molar-refractivity contribution in [2.24, 2.45) is 0 Å². The first kappa shape index (κ1) is 21.3. The van der Waals surface area contributed by atoms with Gasteiger partial charge in [-0.1, -0.05) is 26.0 Å². The van der Waals surface area contributed by atoms with Gasteiger partial charge in [0.2, 0.25) is 10.0 Å². The molecular weight excluding hydrogens is 374 g/mol. The van der Waals surface area contributed by atoms with E-state index in [2.05, 4.69) is 20.8 Å². The maximum atomic E-state index is 12.9. The van der Waals surface area contributed by atoms with Crippen LogP contribution in [0.4, 0.5) is 0 Å². The Bertz CT molecular complexity index is 769. The molecule has 2 fully saturated rings. The number of piperidine rings is 1. The van der Waals surface area contributed by atoms with Gasteiger partial charge in [0.1, 0.15) is 0 Å². The van der Waals surface area contributed by atoms with Crippen molar-refractivity contribution in [2.45, 2.75) is 56.9 Å². The first-order chi connectivity index (χ1) is 13.3. The molecule has 0 aliphatic carbocycles. The molecule has 2 saturated heterocycles. The van der Waals surface area contributed by atoms with E-state index in [0.29, 0.717) is 49.6 Å². The number of sulfonamides is 1. The van der Waals surface area contributed by atoms with Crippen molar-refractivity contribution in [3.8, 4) is 0 Å². The van der Waals surface area contributed by atoms with Gasteiger partial charge in [-0.05, 0) is 49.8 Å². The molecule has 0 bridgehead atoms. The Hall–Kier alpha value is -1.44. The molecule has 0 radical (unpaired) electrons. The summed E-state index contributed by atoms with van der Waals surface area (Å²) in [7, 11) is -3.50. The maximum absolute atomic E-state index is 12.9. The Labute approximate surface area is 169 Å². The Morgan fingerprint density at radius 2 is 1.75 bits per heavy atom. The molecule has 2 atom stereocenters. The van der Waals surface area contributed by atoms with Crippen molar-refractivity contribution in [3.63, 3.8) is 0 Å². The number of carbonyl (C=O) groups excluding carboxylic acids is 1. The van der Waals surface area contributed by atoms with E-state index in [1.54, 1.807) is 12.1 Å². The predicted molar refractivity (Wildman–Crippen MR) is 110 cm³/mol. The lowest BCUT2D eigenvalue weighted by molar-refractivity contribution is -0.921. The molecule has 1 N–H and O–H groups in total. The molecule has 1 unspecified atom stereocenters. The van der Waals surface area contributed by atoms with Gasteiger partial charge in [0.05, 0.1) is 17.5 Å².